The lowest BCUT2D eigenvalue weighted by Gasteiger charge is -2.07. The van der Waals surface area contributed by atoms with Crippen LogP contribution >= 0.6 is 35.6 Å². The lowest BCUT2D eigenvalue weighted by Crippen LogP contribution is -2.22. The van der Waals surface area contributed by atoms with Crippen molar-refractivity contribution in [1.82, 2.24) is 0 Å². The molecule has 0 aliphatic rings. The molecule has 0 aliphatic heterocycles. The second kappa shape index (κ2) is 5.80. The van der Waals surface area contributed by atoms with Crippen molar-refractivity contribution in [3.8, 4) is 0 Å². The predicted octanol–water partition coefficient (Wildman–Crippen LogP) is 2.53. The van der Waals surface area contributed by atoms with E-state index in [1.165, 1.54) is 0 Å². The highest BCUT2D eigenvalue weighted by Gasteiger charge is 2.05. The maximum atomic E-state index is 8.29. The number of guanidine groups is 1. The van der Waals surface area contributed by atoms with Gasteiger partial charge in [0.1, 0.15) is 0 Å². The van der Waals surface area contributed by atoms with E-state index in [4.69, 9.17) is 34.1 Å². The van der Waals surface area contributed by atoms with Gasteiger partial charge >= 0.3 is 0 Å². The van der Waals surface area contributed by atoms with Crippen molar-refractivity contribution < 1.29 is 5.21 Å². The number of halogens is 3. The highest BCUT2D eigenvalue weighted by molar-refractivity contribution is 6.39. The van der Waals surface area contributed by atoms with Gasteiger partial charge in [-0.1, -0.05) is 34.4 Å². The molecule has 4 nitrogen and oxygen atoms in total. The Kier molecular flexibility index (Phi) is 5.45. The normalized spacial score (nSPS) is 10.6. The van der Waals surface area contributed by atoms with E-state index in [1.807, 2.05) is 0 Å². The topological polar surface area (TPSA) is 70.6 Å². The second-order valence-corrected chi connectivity index (χ2v) is 3.02. The molecular formula is C7H8Cl3N3O. The van der Waals surface area contributed by atoms with E-state index in [2.05, 4.69) is 10.5 Å². The number of oxime groups is 1. The third kappa shape index (κ3) is 3.14. The van der Waals surface area contributed by atoms with Crippen LogP contribution in [0.25, 0.3) is 0 Å². The lowest BCUT2D eigenvalue weighted by molar-refractivity contribution is 0.318. The van der Waals surface area contributed by atoms with E-state index in [0.29, 0.717) is 15.7 Å². The maximum absolute atomic E-state index is 8.29. The summed E-state index contributed by atoms with van der Waals surface area (Å²) in [5.74, 6) is -0.171. The molecule has 0 radical (unpaired) electrons. The molecule has 4 N–H and O–H groups in total. The second-order valence-electron chi connectivity index (χ2n) is 2.21. The van der Waals surface area contributed by atoms with Crippen LogP contribution in [0.5, 0.6) is 0 Å². The van der Waals surface area contributed by atoms with Crippen molar-refractivity contribution in [2.75, 3.05) is 5.32 Å². The van der Waals surface area contributed by atoms with Crippen LogP contribution in [0.15, 0.2) is 23.4 Å². The fourth-order valence-electron chi connectivity index (χ4n) is 0.770. The van der Waals surface area contributed by atoms with Crippen LogP contribution in [-0.2, 0) is 0 Å². The molecule has 0 atom stereocenters. The van der Waals surface area contributed by atoms with E-state index >= 15 is 0 Å². The van der Waals surface area contributed by atoms with Gasteiger partial charge in [-0.05, 0) is 12.1 Å². The molecule has 78 valence electrons. The molecule has 1 aromatic carbocycles. The van der Waals surface area contributed by atoms with Gasteiger partial charge in [-0.25, -0.2) is 0 Å². The molecule has 0 aromatic heterocycles. The van der Waals surface area contributed by atoms with Crippen molar-refractivity contribution in [3.63, 3.8) is 0 Å². The summed E-state index contributed by atoms with van der Waals surface area (Å²) in [6.45, 7) is 0. The van der Waals surface area contributed by atoms with E-state index in [-0.39, 0.29) is 18.4 Å². The molecule has 0 bridgehead atoms. The first-order valence-corrected chi connectivity index (χ1v) is 4.09. The first kappa shape index (κ1) is 13.2. The summed E-state index contributed by atoms with van der Waals surface area (Å²) in [7, 11) is 0. The van der Waals surface area contributed by atoms with Crippen LogP contribution in [0.3, 0.4) is 0 Å². The standard InChI is InChI=1S/C7H7Cl2N3O.ClH/c8-4-2-1-3-5(9)6(4)11-7(10)12-13;/h1-3,13H,(H3,10,11,12);1H. The van der Waals surface area contributed by atoms with Gasteiger partial charge in [0.05, 0.1) is 15.7 Å². The number of nitrogens with zero attached hydrogens (tertiary/aromatic N) is 1. The Morgan fingerprint density at radius 3 is 2.29 bits per heavy atom. The molecule has 0 aliphatic carbocycles. The fraction of sp³-hybridized carbons (Fsp3) is 0. The van der Waals surface area contributed by atoms with Gasteiger partial charge in [0, 0.05) is 0 Å². The number of nitrogens with one attached hydrogen (secondary N) is 1. The minimum absolute atomic E-state index is 0. The molecule has 1 rings (SSSR count). The summed E-state index contributed by atoms with van der Waals surface area (Å²) in [6.07, 6.45) is 0. The zero-order valence-corrected chi connectivity index (χ0v) is 9.20. The Balaban J connectivity index is 0.00000169. The Labute approximate surface area is 97.1 Å². The molecule has 0 unspecified atom stereocenters. The first-order valence-electron chi connectivity index (χ1n) is 3.33. The number of rotatable bonds is 1. The summed E-state index contributed by atoms with van der Waals surface area (Å²) >= 11 is 11.6. The van der Waals surface area contributed by atoms with Crippen LogP contribution in [-0.4, -0.2) is 11.2 Å². The number of para-hydroxylation sites is 1. The van der Waals surface area contributed by atoms with Gasteiger partial charge in [-0.2, -0.15) is 0 Å². The molecular weight excluding hydrogens is 248 g/mol. The molecule has 0 fully saturated rings. The summed E-state index contributed by atoms with van der Waals surface area (Å²) in [4.78, 5) is 0. The SMILES string of the molecule is Cl.NC(=NO)Nc1c(Cl)cccc1Cl. The average Bonchev–Trinajstić information content (AvgIpc) is 2.11. The third-order valence-corrected chi connectivity index (χ3v) is 1.95. The number of hydrogen-bond donors (Lipinski definition) is 3. The third-order valence-electron chi connectivity index (χ3n) is 1.32. The minimum atomic E-state index is -0.171. The molecule has 0 amide bonds. The van der Waals surface area contributed by atoms with Crippen LogP contribution in [0.2, 0.25) is 10.0 Å². The molecule has 7 heteroatoms. The smallest absolute Gasteiger partial charge is 0.235 e. The Bertz CT molecular complexity index is 323. The minimum Gasteiger partial charge on any atom is -0.408 e. The van der Waals surface area contributed by atoms with Gasteiger partial charge in [0.25, 0.3) is 0 Å². The fourth-order valence-corrected chi connectivity index (χ4v) is 1.26. The van der Waals surface area contributed by atoms with E-state index in [1.54, 1.807) is 18.2 Å². The highest BCUT2D eigenvalue weighted by atomic mass is 35.5. The molecule has 0 saturated carbocycles. The van der Waals surface area contributed by atoms with E-state index < -0.39 is 0 Å². The average molecular weight is 257 g/mol. The summed E-state index contributed by atoms with van der Waals surface area (Å²) in [5.41, 5.74) is 5.63. The monoisotopic (exact) mass is 255 g/mol. The summed E-state index contributed by atoms with van der Waals surface area (Å²) in [6, 6.07) is 4.98. The van der Waals surface area contributed by atoms with Gasteiger partial charge in [-0.3, -0.25) is 0 Å². The van der Waals surface area contributed by atoms with Crippen molar-refractivity contribution in [3.05, 3.63) is 28.2 Å². The van der Waals surface area contributed by atoms with Crippen molar-refractivity contribution in [2.45, 2.75) is 0 Å². The van der Waals surface area contributed by atoms with Crippen LogP contribution < -0.4 is 11.1 Å². The molecule has 0 saturated heterocycles. The molecule has 0 spiro atoms. The van der Waals surface area contributed by atoms with E-state index in [0.717, 1.165) is 0 Å². The van der Waals surface area contributed by atoms with Crippen molar-refractivity contribution in [2.24, 2.45) is 10.9 Å². The van der Waals surface area contributed by atoms with Crippen LogP contribution in [0.1, 0.15) is 0 Å². The highest BCUT2D eigenvalue weighted by Crippen LogP contribution is 2.29. The molecule has 14 heavy (non-hydrogen) atoms. The molecule has 1 aromatic rings. The Morgan fingerprint density at radius 2 is 1.86 bits per heavy atom. The Morgan fingerprint density at radius 1 is 1.36 bits per heavy atom. The Hall–Kier alpha value is -0.840. The zero-order chi connectivity index (χ0) is 9.84. The van der Waals surface area contributed by atoms with Crippen LogP contribution in [0, 0.1) is 0 Å². The number of nitrogens with two attached hydrogens (primary N) is 1. The largest absolute Gasteiger partial charge is 0.408 e. The first-order chi connectivity index (χ1) is 6.15. The number of hydrogen-bond acceptors (Lipinski definition) is 2. The maximum Gasteiger partial charge on any atom is 0.235 e. The summed E-state index contributed by atoms with van der Waals surface area (Å²) < 4.78 is 0. The van der Waals surface area contributed by atoms with Gasteiger partial charge in [0.15, 0.2) is 0 Å². The lowest BCUT2D eigenvalue weighted by atomic mass is 10.3. The molecule has 0 heterocycles. The predicted molar refractivity (Wildman–Crippen MR) is 60.7 cm³/mol. The zero-order valence-electron chi connectivity index (χ0n) is 6.87. The van der Waals surface area contributed by atoms with E-state index in [9.17, 15) is 0 Å². The van der Waals surface area contributed by atoms with Gasteiger partial charge < -0.3 is 16.3 Å². The number of anilines is 1. The number of benzene rings is 1. The van der Waals surface area contributed by atoms with Crippen molar-refractivity contribution >= 4 is 47.3 Å². The van der Waals surface area contributed by atoms with Crippen molar-refractivity contribution in [1.29, 1.82) is 0 Å². The summed E-state index contributed by atoms with van der Waals surface area (Å²) in [5, 5.41) is 14.4. The van der Waals surface area contributed by atoms with Gasteiger partial charge in [0.2, 0.25) is 5.96 Å². The van der Waals surface area contributed by atoms with Crippen LogP contribution in [0.4, 0.5) is 5.69 Å². The van der Waals surface area contributed by atoms with Gasteiger partial charge in [-0.15, -0.1) is 12.4 Å². The quantitative estimate of drug-likeness (QED) is 0.313.